The van der Waals surface area contributed by atoms with Gasteiger partial charge in [-0.3, -0.25) is 14.2 Å². The molecule has 2 aromatic carbocycles. The lowest BCUT2D eigenvalue weighted by molar-refractivity contribution is -0.128. The highest BCUT2D eigenvalue weighted by molar-refractivity contribution is 7.93. The summed E-state index contributed by atoms with van der Waals surface area (Å²) in [5, 5.41) is 4.00. The summed E-state index contributed by atoms with van der Waals surface area (Å²) in [5.74, 6) is 0.537. The van der Waals surface area contributed by atoms with E-state index in [4.69, 9.17) is 14.0 Å². The van der Waals surface area contributed by atoms with E-state index in [1.54, 1.807) is 65.2 Å². The monoisotopic (exact) mass is 695 g/mol. The van der Waals surface area contributed by atoms with E-state index in [1.807, 2.05) is 13.8 Å². The van der Waals surface area contributed by atoms with Crippen molar-refractivity contribution >= 4 is 21.7 Å². The van der Waals surface area contributed by atoms with Gasteiger partial charge in [-0.15, -0.1) is 0 Å². The van der Waals surface area contributed by atoms with E-state index < -0.39 is 22.1 Å². The van der Waals surface area contributed by atoms with Crippen LogP contribution in [-0.4, -0.2) is 68.5 Å². The Morgan fingerprint density at radius 2 is 1.82 bits per heavy atom. The van der Waals surface area contributed by atoms with E-state index in [-0.39, 0.29) is 53.3 Å². The minimum atomic E-state index is -4.28. The fourth-order valence-corrected chi connectivity index (χ4v) is 6.85. The molecule has 0 saturated heterocycles. The summed E-state index contributed by atoms with van der Waals surface area (Å²) in [6.07, 6.45) is 1.60. The predicted molar refractivity (Wildman–Crippen MR) is 188 cm³/mol. The fraction of sp³-hybridized carbons (Fsp3) is 0.444. The van der Waals surface area contributed by atoms with Gasteiger partial charge >= 0.3 is 0 Å². The number of benzene rings is 2. The first-order valence-corrected chi connectivity index (χ1v) is 17.6. The predicted octanol–water partition coefficient (Wildman–Crippen LogP) is 5.18. The molecule has 12 nitrogen and oxygen atoms in total. The van der Waals surface area contributed by atoms with Gasteiger partial charge in [0.25, 0.3) is 15.6 Å². The van der Waals surface area contributed by atoms with Crippen molar-refractivity contribution in [3.05, 3.63) is 92.4 Å². The molecule has 0 atom stereocenters. The number of aromatic nitrogens is 3. The molecule has 0 aliphatic carbocycles. The number of ether oxygens (including phenoxy) is 2. The average molecular weight is 696 g/mol. The molecule has 264 valence electrons. The Bertz CT molecular complexity index is 2040. The molecule has 0 saturated carbocycles. The number of methoxy groups -OCH3 is 1. The first kappa shape index (κ1) is 34.5. The van der Waals surface area contributed by atoms with Crippen LogP contribution in [0.1, 0.15) is 69.0 Å². The molecule has 2 heterocycles. The largest absolute Gasteiger partial charge is 0.377 e. The Labute approximate surface area is 291 Å². The minimum absolute atomic E-state index is 0.0276. The molecule has 0 radical (unpaired) electrons. The minimum Gasteiger partial charge on any atom is -0.377 e. The molecule has 0 unspecified atom stereocenters. The lowest BCUT2D eigenvalue weighted by Crippen LogP contribution is -2.34. The number of carbonyl (C=O) groups is 1. The second-order valence-corrected chi connectivity index (χ2v) is 13.7. The van der Waals surface area contributed by atoms with Crippen molar-refractivity contribution in [3.8, 4) is 11.1 Å². The summed E-state index contributed by atoms with van der Waals surface area (Å²) in [4.78, 5) is 32.8. The summed E-state index contributed by atoms with van der Waals surface area (Å²) < 4.78 is 66.0. The zero-order valence-electron chi connectivity index (χ0n) is 31.5. The van der Waals surface area contributed by atoms with Crippen molar-refractivity contribution in [3.63, 3.8) is 0 Å². The number of aryl methyl sites for hydroxylation is 3. The van der Waals surface area contributed by atoms with Crippen LogP contribution in [0.2, 0.25) is 0 Å². The molecule has 0 N–H and O–H groups in total. The molecule has 1 amide bonds. The number of hydrogen-bond donors (Lipinski definition) is 0. The topological polar surface area (TPSA) is 137 Å². The fourth-order valence-electron chi connectivity index (χ4n) is 5.27. The summed E-state index contributed by atoms with van der Waals surface area (Å²) in [6.45, 7) is 6.52. The maximum absolute atomic E-state index is 14.4. The summed E-state index contributed by atoms with van der Waals surface area (Å²) >= 11 is 0. The van der Waals surface area contributed by atoms with Crippen LogP contribution < -0.4 is 9.86 Å². The number of rotatable bonds is 16. The van der Waals surface area contributed by atoms with E-state index in [9.17, 15) is 20.7 Å². The lowest BCUT2D eigenvalue weighted by atomic mass is 9.97. The summed E-state index contributed by atoms with van der Waals surface area (Å²) in [6, 6.07) is 11.2. The average Bonchev–Trinajstić information content (AvgIpc) is 3.42. The van der Waals surface area contributed by atoms with Crippen LogP contribution in [0.3, 0.4) is 0 Å². The third-order valence-electron chi connectivity index (χ3n) is 8.20. The van der Waals surface area contributed by atoms with Crippen molar-refractivity contribution in [2.45, 2.75) is 78.3 Å². The molecular weight excluding hydrogens is 646 g/mol. The van der Waals surface area contributed by atoms with Crippen LogP contribution in [0, 0.1) is 20.8 Å². The van der Waals surface area contributed by atoms with Gasteiger partial charge in [0.15, 0.2) is 5.82 Å². The van der Waals surface area contributed by atoms with Crippen LogP contribution in [-0.2, 0) is 50.2 Å². The highest BCUT2D eigenvalue weighted by Crippen LogP contribution is 2.35. The van der Waals surface area contributed by atoms with Gasteiger partial charge in [0.2, 0.25) is 5.91 Å². The van der Waals surface area contributed by atoms with Gasteiger partial charge in [0, 0.05) is 56.6 Å². The van der Waals surface area contributed by atoms with Gasteiger partial charge < -0.3 is 18.9 Å². The van der Waals surface area contributed by atoms with Crippen LogP contribution in [0.5, 0.6) is 0 Å². The lowest BCUT2D eigenvalue weighted by Gasteiger charge is -2.24. The van der Waals surface area contributed by atoms with E-state index in [2.05, 4.69) is 10.1 Å². The maximum Gasteiger partial charge on any atom is 0.268 e. The van der Waals surface area contributed by atoms with Crippen LogP contribution in [0.25, 0.3) is 11.1 Å². The SMILES string of the molecule is [2H]C([2H])(c1ccc(-c2ccccc2S(=O)(=O)N(COC)c2noc(C)c2C)c(COCC)c1)n1c(CCCC)nc(C)c(CC(=O)N(C)C)c1=O. The van der Waals surface area contributed by atoms with Crippen molar-refractivity contribution < 1.29 is 30.0 Å². The normalized spacial score (nSPS) is 12.5. The van der Waals surface area contributed by atoms with Crippen molar-refractivity contribution in [2.75, 3.05) is 38.8 Å². The van der Waals surface area contributed by atoms with Crippen molar-refractivity contribution in [2.24, 2.45) is 0 Å². The highest BCUT2D eigenvalue weighted by Gasteiger charge is 2.32. The first-order valence-electron chi connectivity index (χ1n) is 17.2. The van der Waals surface area contributed by atoms with E-state index in [0.717, 1.165) is 15.3 Å². The molecule has 0 aliphatic heterocycles. The number of unbranched alkanes of at least 4 members (excludes halogenated alkanes) is 1. The van der Waals surface area contributed by atoms with Gasteiger partial charge in [-0.25, -0.2) is 17.7 Å². The Hall–Kier alpha value is -4.33. The Balaban J connectivity index is 1.92. The second-order valence-electron chi connectivity index (χ2n) is 11.9. The first-order chi connectivity index (χ1) is 24.1. The van der Waals surface area contributed by atoms with Crippen molar-refractivity contribution in [1.82, 2.24) is 19.6 Å². The molecule has 4 aromatic rings. The van der Waals surface area contributed by atoms with Crippen molar-refractivity contribution in [1.29, 1.82) is 0 Å². The second kappa shape index (κ2) is 16.4. The smallest absolute Gasteiger partial charge is 0.268 e. The third kappa shape index (κ3) is 8.28. The highest BCUT2D eigenvalue weighted by atomic mass is 32.2. The molecule has 0 bridgehead atoms. The number of amides is 1. The Kier molecular flexibility index (Phi) is 11.5. The van der Waals surface area contributed by atoms with Crippen LogP contribution >= 0.6 is 0 Å². The number of hydrogen-bond acceptors (Lipinski definition) is 9. The summed E-state index contributed by atoms with van der Waals surface area (Å²) in [5.41, 5.74) is 1.90. The number of anilines is 1. The summed E-state index contributed by atoms with van der Waals surface area (Å²) in [7, 11) is 0.286. The van der Waals surface area contributed by atoms with E-state index in [1.165, 1.54) is 24.1 Å². The molecule has 2 aromatic heterocycles. The molecular formula is C36H47N5O7S. The standard InChI is InChI=1S/C36H47N5O7S/c1-9-11-16-33-37-25(4)31(20-34(42)39(6)7)36(43)40(33)21-27-17-18-29(28(19-27)22-47-10-2)30-14-12-13-15-32(30)49(44,45)41(23-46-8)35-24(3)26(5)48-38-35/h12-15,17-19H,9-11,16,20-23H2,1-8H3/i21D2. The number of sulfonamides is 1. The van der Waals surface area contributed by atoms with Gasteiger partial charge in [0.1, 0.15) is 18.3 Å². The number of carbonyl (C=O) groups excluding carboxylic acids is 1. The zero-order chi connectivity index (χ0) is 37.7. The third-order valence-corrected chi connectivity index (χ3v) is 9.97. The Morgan fingerprint density at radius 3 is 2.45 bits per heavy atom. The Morgan fingerprint density at radius 1 is 1.08 bits per heavy atom. The van der Waals surface area contributed by atoms with Crippen LogP contribution in [0.15, 0.2) is 56.7 Å². The zero-order valence-corrected chi connectivity index (χ0v) is 30.3. The van der Waals surface area contributed by atoms with E-state index in [0.29, 0.717) is 53.2 Å². The van der Waals surface area contributed by atoms with Gasteiger partial charge in [-0.1, -0.05) is 54.9 Å². The molecule has 13 heteroatoms. The van der Waals surface area contributed by atoms with Gasteiger partial charge in [0.05, 0.1) is 27.2 Å². The quantitative estimate of drug-likeness (QED) is 0.145. The molecule has 0 spiro atoms. The van der Waals surface area contributed by atoms with Gasteiger partial charge in [-0.2, -0.15) is 0 Å². The molecule has 0 fully saturated rings. The van der Waals surface area contributed by atoms with Crippen LogP contribution in [0.4, 0.5) is 5.82 Å². The van der Waals surface area contributed by atoms with Gasteiger partial charge in [-0.05, 0) is 56.9 Å². The molecule has 4 rings (SSSR count). The van der Waals surface area contributed by atoms with E-state index >= 15 is 0 Å². The molecule has 49 heavy (non-hydrogen) atoms. The molecule has 0 aliphatic rings. The number of likely N-dealkylation sites (N-methyl/N-ethyl adjacent to an activating group) is 1. The number of nitrogens with zero attached hydrogens (tertiary/aromatic N) is 5. The maximum atomic E-state index is 14.4.